The lowest BCUT2D eigenvalue weighted by Crippen LogP contribution is -2.51. The Morgan fingerprint density at radius 3 is 2.61 bits per heavy atom. The molecule has 0 saturated carbocycles. The number of hydrogen-bond donors (Lipinski definition) is 1. The molecule has 0 aliphatic carbocycles. The molecule has 2 heterocycles. The first-order valence-corrected chi connectivity index (χ1v) is 6.94. The number of amides is 1. The Kier molecular flexibility index (Phi) is 4.59. The van der Waals surface area contributed by atoms with Crippen molar-refractivity contribution in [2.45, 2.75) is 19.3 Å². The normalized spacial score (nSPS) is 25.8. The van der Waals surface area contributed by atoms with E-state index in [0.29, 0.717) is 19.8 Å². The molecule has 2 aliphatic rings. The highest BCUT2D eigenvalue weighted by molar-refractivity contribution is 5.83. The van der Waals surface area contributed by atoms with Crippen molar-refractivity contribution in [1.82, 2.24) is 9.80 Å². The largest absolute Gasteiger partial charge is 0.381 e. The third kappa shape index (κ3) is 2.84. The van der Waals surface area contributed by atoms with Crippen LogP contribution in [-0.4, -0.2) is 68.7 Å². The first-order valence-electron chi connectivity index (χ1n) is 6.94. The van der Waals surface area contributed by atoms with Gasteiger partial charge in [-0.1, -0.05) is 0 Å². The highest BCUT2D eigenvalue weighted by Gasteiger charge is 2.41. The number of hydrogen-bond acceptors (Lipinski definition) is 4. The SMILES string of the molecule is CN1CCCN(C(=O)C2(CN)CCOCC2)CC1. The molecule has 0 atom stereocenters. The van der Waals surface area contributed by atoms with Gasteiger partial charge in [0.2, 0.25) is 5.91 Å². The van der Waals surface area contributed by atoms with E-state index >= 15 is 0 Å². The van der Waals surface area contributed by atoms with E-state index < -0.39 is 0 Å². The fraction of sp³-hybridized carbons (Fsp3) is 0.923. The van der Waals surface area contributed by atoms with Crippen molar-refractivity contribution in [3.8, 4) is 0 Å². The number of rotatable bonds is 2. The van der Waals surface area contributed by atoms with Gasteiger partial charge in [-0.25, -0.2) is 0 Å². The molecule has 0 aromatic carbocycles. The third-order valence-corrected chi connectivity index (χ3v) is 4.30. The van der Waals surface area contributed by atoms with E-state index in [4.69, 9.17) is 10.5 Å². The zero-order valence-electron chi connectivity index (χ0n) is 11.4. The van der Waals surface area contributed by atoms with Crippen LogP contribution < -0.4 is 5.73 Å². The van der Waals surface area contributed by atoms with Crippen LogP contribution in [-0.2, 0) is 9.53 Å². The molecule has 0 unspecified atom stereocenters. The summed E-state index contributed by atoms with van der Waals surface area (Å²) in [6, 6.07) is 0. The molecule has 0 aromatic heterocycles. The second kappa shape index (κ2) is 5.99. The van der Waals surface area contributed by atoms with Gasteiger partial charge in [0.05, 0.1) is 5.41 Å². The lowest BCUT2D eigenvalue weighted by molar-refractivity contribution is -0.147. The first-order chi connectivity index (χ1) is 8.68. The van der Waals surface area contributed by atoms with Gasteiger partial charge in [-0.15, -0.1) is 0 Å². The Bertz CT molecular complexity index is 290. The van der Waals surface area contributed by atoms with Gasteiger partial charge in [-0.3, -0.25) is 4.79 Å². The summed E-state index contributed by atoms with van der Waals surface area (Å²) in [5.41, 5.74) is 5.54. The molecule has 0 spiro atoms. The monoisotopic (exact) mass is 255 g/mol. The highest BCUT2D eigenvalue weighted by Crippen LogP contribution is 2.31. The zero-order chi connectivity index (χ0) is 13.0. The topological polar surface area (TPSA) is 58.8 Å². The average molecular weight is 255 g/mol. The minimum atomic E-state index is -0.360. The molecule has 0 bridgehead atoms. The lowest BCUT2D eigenvalue weighted by Gasteiger charge is -2.38. The van der Waals surface area contributed by atoms with Gasteiger partial charge in [0.15, 0.2) is 0 Å². The standard InChI is InChI=1S/C13H25N3O2/c1-15-5-2-6-16(8-7-15)12(17)13(11-14)3-9-18-10-4-13/h2-11,14H2,1H3. The van der Waals surface area contributed by atoms with Crippen LogP contribution in [0.5, 0.6) is 0 Å². The van der Waals surface area contributed by atoms with E-state index in [0.717, 1.165) is 45.4 Å². The summed E-state index contributed by atoms with van der Waals surface area (Å²) >= 11 is 0. The van der Waals surface area contributed by atoms with E-state index in [1.165, 1.54) is 0 Å². The molecule has 104 valence electrons. The Morgan fingerprint density at radius 1 is 1.22 bits per heavy atom. The van der Waals surface area contributed by atoms with E-state index in [2.05, 4.69) is 11.9 Å². The molecule has 2 saturated heterocycles. The van der Waals surface area contributed by atoms with Crippen molar-refractivity contribution < 1.29 is 9.53 Å². The van der Waals surface area contributed by atoms with E-state index in [1.54, 1.807) is 0 Å². The van der Waals surface area contributed by atoms with Crippen LogP contribution in [0.4, 0.5) is 0 Å². The predicted octanol–water partition coefficient (Wildman–Crippen LogP) is -0.0940. The third-order valence-electron chi connectivity index (χ3n) is 4.30. The fourth-order valence-corrected chi connectivity index (χ4v) is 2.85. The molecular formula is C13H25N3O2. The second-order valence-corrected chi connectivity index (χ2v) is 5.55. The number of nitrogens with two attached hydrogens (primary N) is 1. The van der Waals surface area contributed by atoms with Crippen molar-refractivity contribution in [2.24, 2.45) is 11.1 Å². The molecule has 2 N–H and O–H groups in total. The Hall–Kier alpha value is -0.650. The molecule has 1 amide bonds. The smallest absolute Gasteiger partial charge is 0.230 e. The van der Waals surface area contributed by atoms with Crippen LogP contribution in [0.25, 0.3) is 0 Å². The zero-order valence-corrected chi connectivity index (χ0v) is 11.4. The first kappa shape index (κ1) is 13.8. The van der Waals surface area contributed by atoms with Crippen LogP contribution in [0.2, 0.25) is 0 Å². The van der Waals surface area contributed by atoms with E-state index in [-0.39, 0.29) is 11.3 Å². The van der Waals surface area contributed by atoms with Gasteiger partial charge >= 0.3 is 0 Å². The molecule has 2 rings (SSSR count). The summed E-state index contributed by atoms with van der Waals surface area (Å²) in [5.74, 6) is 0.253. The van der Waals surface area contributed by atoms with Gasteiger partial charge in [0, 0.05) is 39.4 Å². The molecule has 2 aliphatic heterocycles. The van der Waals surface area contributed by atoms with Gasteiger partial charge in [0.1, 0.15) is 0 Å². The van der Waals surface area contributed by atoms with Crippen LogP contribution in [0, 0.1) is 5.41 Å². The second-order valence-electron chi connectivity index (χ2n) is 5.55. The maximum atomic E-state index is 12.7. The Morgan fingerprint density at radius 2 is 1.94 bits per heavy atom. The van der Waals surface area contributed by atoms with Crippen molar-refractivity contribution in [3.05, 3.63) is 0 Å². The molecule has 0 aromatic rings. The maximum absolute atomic E-state index is 12.7. The number of nitrogens with zero attached hydrogens (tertiary/aromatic N) is 2. The number of carbonyl (C=O) groups excluding carboxylic acids is 1. The van der Waals surface area contributed by atoms with Crippen molar-refractivity contribution in [3.63, 3.8) is 0 Å². The van der Waals surface area contributed by atoms with E-state index in [9.17, 15) is 4.79 Å². The summed E-state index contributed by atoms with van der Waals surface area (Å²) in [6.07, 6.45) is 2.60. The van der Waals surface area contributed by atoms with Crippen molar-refractivity contribution >= 4 is 5.91 Å². The van der Waals surface area contributed by atoms with Gasteiger partial charge in [0.25, 0.3) is 0 Å². The fourth-order valence-electron chi connectivity index (χ4n) is 2.85. The molecule has 5 heteroatoms. The summed E-state index contributed by atoms with van der Waals surface area (Å²) in [7, 11) is 2.11. The number of likely N-dealkylation sites (N-methyl/N-ethyl adjacent to an activating group) is 1. The van der Waals surface area contributed by atoms with Crippen LogP contribution in [0.15, 0.2) is 0 Å². The molecule has 5 nitrogen and oxygen atoms in total. The van der Waals surface area contributed by atoms with Crippen LogP contribution in [0.1, 0.15) is 19.3 Å². The van der Waals surface area contributed by atoms with Crippen molar-refractivity contribution in [2.75, 3.05) is 53.0 Å². The minimum Gasteiger partial charge on any atom is -0.381 e. The Balaban J connectivity index is 2.03. The lowest BCUT2D eigenvalue weighted by atomic mass is 9.79. The summed E-state index contributed by atoms with van der Waals surface area (Å²) in [5, 5.41) is 0. The average Bonchev–Trinajstić information content (AvgIpc) is 2.63. The molecule has 0 radical (unpaired) electrons. The van der Waals surface area contributed by atoms with Gasteiger partial charge < -0.3 is 20.3 Å². The highest BCUT2D eigenvalue weighted by atomic mass is 16.5. The summed E-state index contributed by atoms with van der Waals surface area (Å²) in [6.45, 7) is 5.50. The van der Waals surface area contributed by atoms with Crippen molar-refractivity contribution in [1.29, 1.82) is 0 Å². The maximum Gasteiger partial charge on any atom is 0.230 e. The summed E-state index contributed by atoms with van der Waals surface area (Å²) < 4.78 is 5.37. The van der Waals surface area contributed by atoms with E-state index in [1.807, 2.05) is 4.90 Å². The van der Waals surface area contributed by atoms with Gasteiger partial charge in [-0.2, -0.15) is 0 Å². The quantitative estimate of drug-likeness (QED) is 0.749. The minimum absolute atomic E-state index is 0.253. The van der Waals surface area contributed by atoms with Crippen LogP contribution >= 0.6 is 0 Å². The summed E-state index contributed by atoms with van der Waals surface area (Å²) in [4.78, 5) is 17.0. The Labute approximate surface area is 109 Å². The van der Waals surface area contributed by atoms with Crippen LogP contribution in [0.3, 0.4) is 0 Å². The number of carbonyl (C=O) groups is 1. The predicted molar refractivity (Wildman–Crippen MR) is 70.2 cm³/mol. The molecule has 2 fully saturated rings. The number of ether oxygens (including phenoxy) is 1. The molecule has 18 heavy (non-hydrogen) atoms. The molecular weight excluding hydrogens is 230 g/mol. The van der Waals surface area contributed by atoms with Gasteiger partial charge in [-0.05, 0) is 32.9 Å².